The smallest absolute Gasteiger partial charge is 0.228 e. The molecule has 2 heterocycles. The maximum atomic E-state index is 12.8. The lowest BCUT2D eigenvalue weighted by Gasteiger charge is -2.32. The number of para-hydroxylation sites is 1. The van der Waals surface area contributed by atoms with Crippen molar-refractivity contribution < 1.29 is 14.3 Å². The molecule has 0 N–H and O–H groups in total. The Kier molecular flexibility index (Phi) is 7.10. The SMILES string of the molecule is CCOc1ccc(-c2nc(CC(=O)N3CCC(Oc4c(C)cccc4C)CC3)cs2)cc1. The molecule has 6 heteroatoms. The highest BCUT2D eigenvalue weighted by Crippen LogP contribution is 2.28. The Morgan fingerprint density at radius 2 is 1.78 bits per heavy atom. The molecular weight excluding hydrogens is 420 g/mol. The lowest BCUT2D eigenvalue weighted by molar-refractivity contribution is -0.132. The van der Waals surface area contributed by atoms with Crippen molar-refractivity contribution in [3.63, 3.8) is 0 Å². The fraction of sp³-hybridized carbons (Fsp3) is 0.385. The lowest BCUT2D eigenvalue weighted by atomic mass is 10.1. The molecule has 0 saturated carbocycles. The summed E-state index contributed by atoms with van der Waals surface area (Å²) in [6, 6.07) is 14.1. The zero-order valence-corrected chi connectivity index (χ0v) is 19.8. The molecule has 2 aromatic carbocycles. The van der Waals surface area contributed by atoms with Gasteiger partial charge in [0.1, 0.15) is 22.6 Å². The normalized spacial score (nSPS) is 14.4. The van der Waals surface area contributed by atoms with E-state index in [-0.39, 0.29) is 12.0 Å². The fourth-order valence-electron chi connectivity index (χ4n) is 4.02. The first kappa shape index (κ1) is 22.3. The third-order valence-corrected chi connectivity index (χ3v) is 6.72. The van der Waals surface area contributed by atoms with Crippen LogP contribution in [0.25, 0.3) is 10.6 Å². The number of rotatable bonds is 7. The summed E-state index contributed by atoms with van der Waals surface area (Å²) in [5.41, 5.74) is 4.20. The largest absolute Gasteiger partial charge is 0.494 e. The minimum Gasteiger partial charge on any atom is -0.494 e. The molecule has 1 amide bonds. The van der Waals surface area contributed by atoms with Gasteiger partial charge in [0.2, 0.25) is 5.91 Å². The number of carbonyl (C=O) groups is 1. The number of benzene rings is 2. The zero-order chi connectivity index (χ0) is 22.5. The number of aryl methyl sites for hydroxylation is 2. The molecule has 0 bridgehead atoms. The Morgan fingerprint density at radius 1 is 1.09 bits per heavy atom. The van der Waals surface area contributed by atoms with Crippen LogP contribution < -0.4 is 9.47 Å². The van der Waals surface area contributed by atoms with E-state index in [1.165, 1.54) is 0 Å². The summed E-state index contributed by atoms with van der Waals surface area (Å²) < 4.78 is 11.8. The summed E-state index contributed by atoms with van der Waals surface area (Å²) in [6.07, 6.45) is 2.21. The van der Waals surface area contributed by atoms with Gasteiger partial charge in [0, 0.05) is 36.9 Å². The van der Waals surface area contributed by atoms with Crippen LogP contribution in [0.2, 0.25) is 0 Å². The van der Waals surface area contributed by atoms with Crippen molar-refractivity contribution in [2.24, 2.45) is 0 Å². The van der Waals surface area contributed by atoms with Gasteiger partial charge in [0.15, 0.2) is 0 Å². The van der Waals surface area contributed by atoms with Crippen molar-refractivity contribution in [3.05, 3.63) is 64.7 Å². The molecule has 1 fully saturated rings. The van der Waals surface area contributed by atoms with E-state index in [2.05, 4.69) is 37.0 Å². The van der Waals surface area contributed by atoms with Crippen LogP contribution >= 0.6 is 11.3 Å². The van der Waals surface area contributed by atoms with Crippen LogP contribution in [0.4, 0.5) is 0 Å². The third-order valence-electron chi connectivity index (χ3n) is 5.78. The Hall–Kier alpha value is -2.86. The number of carbonyl (C=O) groups excluding carboxylic acids is 1. The van der Waals surface area contributed by atoms with E-state index in [4.69, 9.17) is 9.47 Å². The monoisotopic (exact) mass is 450 g/mol. The minimum absolute atomic E-state index is 0.138. The van der Waals surface area contributed by atoms with Crippen molar-refractivity contribution in [2.45, 2.75) is 46.1 Å². The van der Waals surface area contributed by atoms with Gasteiger partial charge in [0.25, 0.3) is 0 Å². The van der Waals surface area contributed by atoms with Crippen molar-refractivity contribution in [2.75, 3.05) is 19.7 Å². The lowest BCUT2D eigenvalue weighted by Crippen LogP contribution is -2.42. The molecule has 5 nitrogen and oxygen atoms in total. The number of ether oxygens (including phenoxy) is 2. The molecule has 3 aromatic rings. The molecule has 168 valence electrons. The zero-order valence-electron chi connectivity index (χ0n) is 19.0. The molecule has 0 atom stereocenters. The predicted octanol–water partition coefficient (Wildman–Crippen LogP) is 5.44. The van der Waals surface area contributed by atoms with E-state index >= 15 is 0 Å². The molecule has 1 aliphatic rings. The first-order valence-corrected chi connectivity index (χ1v) is 12.1. The van der Waals surface area contributed by atoms with Crippen LogP contribution in [0.3, 0.4) is 0 Å². The van der Waals surface area contributed by atoms with Gasteiger partial charge in [-0.15, -0.1) is 11.3 Å². The van der Waals surface area contributed by atoms with Gasteiger partial charge in [-0.2, -0.15) is 0 Å². The number of amides is 1. The molecule has 0 aliphatic carbocycles. The molecule has 0 spiro atoms. The van der Waals surface area contributed by atoms with Crippen molar-refractivity contribution in [1.82, 2.24) is 9.88 Å². The van der Waals surface area contributed by atoms with E-state index in [0.29, 0.717) is 13.0 Å². The van der Waals surface area contributed by atoms with Crippen LogP contribution in [0, 0.1) is 13.8 Å². The molecule has 0 unspecified atom stereocenters. The summed E-state index contributed by atoms with van der Waals surface area (Å²) in [5.74, 6) is 1.98. The summed E-state index contributed by atoms with van der Waals surface area (Å²) >= 11 is 1.57. The maximum absolute atomic E-state index is 12.8. The number of nitrogens with zero attached hydrogens (tertiary/aromatic N) is 2. The standard InChI is InChI=1S/C26H30N2O3S/c1-4-30-22-10-8-20(9-11-22)26-27-21(17-32-26)16-24(29)28-14-12-23(13-15-28)31-25-18(2)6-5-7-19(25)3/h5-11,17,23H,4,12-16H2,1-3H3. The molecule has 1 saturated heterocycles. The Labute approximate surface area is 194 Å². The van der Waals surface area contributed by atoms with Crippen LogP contribution in [0.1, 0.15) is 36.6 Å². The number of aromatic nitrogens is 1. The highest BCUT2D eigenvalue weighted by Gasteiger charge is 2.25. The van der Waals surface area contributed by atoms with E-state index in [1.54, 1.807) is 11.3 Å². The average molecular weight is 451 g/mol. The minimum atomic E-state index is 0.138. The van der Waals surface area contributed by atoms with Gasteiger partial charge < -0.3 is 14.4 Å². The third kappa shape index (κ3) is 5.30. The Bertz CT molecular complexity index is 1030. The summed E-state index contributed by atoms with van der Waals surface area (Å²) in [5, 5.41) is 2.91. The molecule has 1 aromatic heterocycles. The first-order chi connectivity index (χ1) is 15.5. The number of hydrogen-bond donors (Lipinski definition) is 0. The van der Waals surface area contributed by atoms with Gasteiger partial charge in [-0.3, -0.25) is 4.79 Å². The predicted molar refractivity (Wildman–Crippen MR) is 129 cm³/mol. The van der Waals surface area contributed by atoms with E-state index in [1.807, 2.05) is 41.5 Å². The molecule has 0 radical (unpaired) electrons. The van der Waals surface area contributed by atoms with Crippen LogP contribution in [-0.2, 0) is 11.2 Å². The highest BCUT2D eigenvalue weighted by atomic mass is 32.1. The topological polar surface area (TPSA) is 51.7 Å². The van der Waals surface area contributed by atoms with Gasteiger partial charge in [-0.25, -0.2) is 4.98 Å². The quantitative estimate of drug-likeness (QED) is 0.481. The van der Waals surface area contributed by atoms with Gasteiger partial charge in [0.05, 0.1) is 18.7 Å². The van der Waals surface area contributed by atoms with Gasteiger partial charge in [-0.05, 0) is 56.2 Å². The highest BCUT2D eigenvalue weighted by molar-refractivity contribution is 7.13. The molecule has 4 rings (SSSR count). The van der Waals surface area contributed by atoms with Gasteiger partial charge >= 0.3 is 0 Å². The Balaban J connectivity index is 1.30. The van der Waals surface area contributed by atoms with Crippen molar-refractivity contribution in [1.29, 1.82) is 0 Å². The number of thiazole rings is 1. The number of piperidine rings is 1. The second kappa shape index (κ2) is 10.2. The molecule has 32 heavy (non-hydrogen) atoms. The fourth-order valence-corrected chi connectivity index (χ4v) is 4.85. The second-order valence-corrected chi connectivity index (χ2v) is 9.06. The number of hydrogen-bond acceptors (Lipinski definition) is 5. The van der Waals surface area contributed by atoms with E-state index < -0.39 is 0 Å². The van der Waals surface area contributed by atoms with Crippen molar-refractivity contribution in [3.8, 4) is 22.1 Å². The Morgan fingerprint density at radius 3 is 2.44 bits per heavy atom. The summed E-state index contributed by atoms with van der Waals surface area (Å²) in [4.78, 5) is 19.5. The van der Waals surface area contributed by atoms with E-state index in [9.17, 15) is 4.79 Å². The van der Waals surface area contributed by atoms with Gasteiger partial charge in [-0.1, -0.05) is 18.2 Å². The summed E-state index contributed by atoms with van der Waals surface area (Å²) in [7, 11) is 0. The van der Waals surface area contributed by atoms with Crippen LogP contribution in [-0.4, -0.2) is 41.6 Å². The van der Waals surface area contributed by atoms with E-state index in [0.717, 1.165) is 64.8 Å². The van der Waals surface area contributed by atoms with Crippen LogP contribution in [0.15, 0.2) is 47.8 Å². The average Bonchev–Trinajstić information content (AvgIpc) is 3.26. The maximum Gasteiger partial charge on any atom is 0.228 e. The summed E-state index contributed by atoms with van der Waals surface area (Å²) in [6.45, 7) is 8.23. The van der Waals surface area contributed by atoms with Crippen molar-refractivity contribution >= 4 is 17.2 Å². The van der Waals surface area contributed by atoms with Crippen LogP contribution in [0.5, 0.6) is 11.5 Å². The molecular formula is C26H30N2O3S. The second-order valence-electron chi connectivity index (χ2n) is 8.20. The first-order valence-electron chi connectivity index (χ1n) is 11.2. The number of likely N-dealkylation sites (tertiary alicyclic amines) is 1. The molecule has 1 aliphatic heterocycles.